The maximum Gasteiger partial charge on any atom is 0.252 e. The Hall–Kier alpha value is -2.85. The van der Waals surface area contributed by atoms with E-state index in [9.17, 15) is 4.79 Å². The van der Waals surface area contributed by atoms with Gasteiger partial charge in [0.05, 0.1) is 5.54 Å². The highest BCUT2D eigenvalue weighted by Gasteiger charge is 2.46. The number of nitrogens with zero attached hydrogens (tertiary/aromatic N) is 1. The Morgan fingerprint density at radius 1 is 0.967 bits per heavy atom. The van der Waals surface area contributed by atoms with E-state index >= 15 is 0 Å². The fourth-order valence-electron chi connectivity index (χ4n) is 4.85. The van der Waals surface area contributed by atoms with Crippen molar-refractivity contribution < 1.29 is 4.79 Å². The Balaban J connectivity index is 1.46. The first kappa shape index (κ1) is 19.1. The van der Waals surface area contributed by atoms with E-state index in [1.807, 2.05) is 6.92 Å². The summed E-state index contributed by atoms with van der Waals surface area (Å²) in [5, 5.41) is 9.28. The van der Waals surface area contributed by atoms with Crippen molar-refractivity contribution in [2.75, 3.05) is 31.1 Å². The topological polar surface area (TPSA) is 44.4 Å². The summed E-state index contributed by atoms with van der Waals surface area (Å²) in [7, 11) is 0. The van der Waals surface area contributed by atoms with E-state index in [4.69, 9.17) is 0 Å². The highest BCUT2D eigenvalue weighted by atomic mass is 16.1. The number of fused-ring (bicyclic) bond motifs is 1. The molecule has 2 fully saturated rings. The number of carbonyl (C=O) groups excluding carboxylic acids is 1. The van der Waals surface area contributed by atoms with Gasteiger partial charge >= 0.3 is 0 Å². The number of benzene rings is 3. The quantitative estimate of drug-likeness (QED) is 0.688. The Labute approximate surface area is 178 Å². The lowest BCUT2D eigenvalue weighted by Gasteiger charge is -2.31. The second kappa shape index (κ2) is 7.44. The van der Waals surface area contributed by atoms with Gasteiger partial charge < -0.3 is 15.5 Å². The summed E-state index contributed by atoms with van der Waals surface area (Å²) in [6.07, 6.45) is 1.98. The molecule has 1 aliphatic heterocycles. The summed E-state index contributed by atoms with van der Waals surface area (Å²) in [6, 6.07) is 19.1. The lowest BCUT2D eigenvalue weighted by atomic mass is 9.96. The Morgan fingerprint density at radius 2 is 1.70 bits per heavy atom. The first-order chi connectivity index (χ1) is 14.6. The van der Waals surface area contributed by atoms with Gasteiger partial charge in [0.15, 0.2) is 0 Å². The SMILES string of the molecule is Cc1cc(C)c(N2CCNCC2)cc1C(=O)NC1(c2cccc3ccccc23)CC1. The van der Waals surface area contributed by atoms with Crippen molar-refractivity contribution in [1.82, 2.24) is 10.6 Å². The van der Waals surface area contributed by atoms with E-state index in [1.165, 1.54) is 27.6 Å². The normalized spacial score (nSPS) is 17.7. The molecule has 3 aromatic rings. The zero-order valence-corrected chi connectivity index (χ0v) is 17.8. The van der Waals surface area contributed by atoms with Crippen molar-refractivity contribution in [2.24, 2.45) is 0 Å². The molecule has 1 saturated carbocycles. The smallest absolute Gasteiger partial charge is 0.252 e. The molecule has 0 aromatic heterocycles. The lowest BCUT2D eigenvalue weighted by Crippen LogP contribution is -2.44. The first-order valence-corrected chi connectivity index (χ1v) is 11.0. The van der Waals surface area contributed by atoms with Crippen LogP contribution in [-0.4, -0.2) is 32.1 Å². The number of rotatable bonds is 4. The molecule has 5 rings (SSSR count). The van der Waals surface area contributed by atoms with Crippen molar-refractivity contribution in [1.29, 1.82) is 0 Å². The van der Waals surface area contributed by atoms with Crippen molar-refractivity contribution in [2.45, 2.75) is 32.2 Å². The van der Waals surface area contributed by atoms with E-state index in [1.54, 1.807) is 0 Å². The van der Waals surface area contributed by atoms with Crippen LogP contribution >= 0.6 is 0 Å². The summed E-state index contributed by atoms with van der Waals surface area (Å²) in [6.45, 7) is 8.11. The van der Waals surface area contributed by atoms with Crippen LogP contribution in [0.5, 0.6) is 0 Å². The molecule has 1 heterocycles. The van der Waals surface area contributed by atoms with E-state index in [0.29, 0.717) is 0 Å². The van der Waals surface area contributed by atoms with Crippen LogP contribution in [-0.2, 0) is 5.54 Å². The van der Waals surface area contributed by atoms with Crippen LogP contribution in [0, 0.1) is 13.8 Å². The molecule has 154 valence electrons. The monoisotopic (exact) mass is 399 g/mol. The average molecular weight is 400 g/mol. The molecule has 3 aromatic carbocycles. The summed E-state index contributed by atoms with van der Waals surface area (Å²) in [5.74, 6) is 0.0364. The highest BCUT2D eigenvalue weighted by molar-refractivity contribution is 5.98. The van der Waals surface area contributed by atoms with Gasteiger partial charge in [0, 0.05) is 37.4 Å². The van der Waals surface area contributed by atoms with E-state index in [-0.39, 0.29) is 11.4 Å². The lowest BCUT2D eigenvalue weighted by molar-refractivity contribution is 0.0930. The number of anilines is 1. The number of hydrogen-bond acceptors (Lipinski definition) is 3. The number of hydrogen-bond donors (Lipinski definition) is 2. The van der Waals surface area contributed by atoms with Gasteiger partial charge in [-0.15, -0.1) is 0 Å². The van der Waals surface area contributed by atoms with Gasteiger partial charge in [-0.25, -0.2) is 0 Å². The standard InChI is InChI=1S/C26H29N3O/c1-18-16-19(2)24(29-14-12-27-13-15-29)17-22(18)25(30)28-26(10-11-26)23-9-5-7-20-6-3-4-8-21(20)23/h3-9,16-17,27H,10-15H2,1-2H3,(H,28,30). The molecule has 0 spiro atoms. The number of carbonyl (C=O) groups is 1. The molecule has 0 atom stereocenters. The summed E-state index contributed by atoms with van der Waals surface area (Å²) >= 11 is 0. The molecule has 4 nitrogen and oxygen atoms in total. The average Bonchev–Trinajstić information content (AvgIpc) is 3.54. The molecule has 2 aliphatic rings. The fourth-order valence-corrected chi connectivity index (χ4v) is 4.85. The molecular formula is C26H29N3O. The summed E-state index contributed by atoms with van der Waals surface area (Å²) in [4.78, 5) is 15.8. The van der Waals surface area contributed by atoms with E-state index in [0.717, 1.165) is 50.1 Å². The third-order valence-electron chi connectivity index (χ3n) is 6.65. The Bertz CT molecular complexity index is 1110. The van der Waals surface area contributed by atoms with Crippen LogP contribution in [0.1, 0.15) is 39.9 Å². The van der Waals surface area contributed by atoms with Gasteiger partial charge in [-0.05, 0) is 60.2 Å². The summed E-state index contributed by atoms with van der Waals surface area (Å²) in [5.41, 5.74) is 5.24. The molecule has 4 heteroatoms. The molecule has 0 radical (unpaired) electrons. The van der Waals surface area contributed by atoms with Gasteiger partial charge in [-0.2, -0.15) is 0 Å². The van der Waals surface area contributed by atoms with Gasteiger partial charge in [0.2, 0.25) is 0 Å². The number of nitrogens with one attached hydrogen (secondary N) is 2. The number of aryl methyl sites for hydroxylation is 2. The van der Waals surface area contributed by atoms with Gasteiger partial charge in [-0.1, -0.05) is 48.5 Å². The zero-order chi connectivity index (χ0) is 20.7. The summed E-state index contributed by atoms with van der Waals surface area (Å²) < 4.78 is 0. The van der Waals surface area contributed by atoms with Crippen molar-refractivity contribution in [3.63, 3.8) is 0 Å². The molecule has 0 unspecified atom stereocenters. The van der Waals surface area contributed by atoms with Gasteiger partial charge in [-0.3, -0.25) is 4.79 Å². The molecule has 1 amide bonds. The van der Waals surface area contributed by atoms with Crippen LogP contribution < -0.4 is 15.5 Å². The van der Waals surface area contributed by atoms with Crippen LogP contribution in [0.4, 0.5) is 5.69 Å². The second-order valence-electron chi connectivity index (χ2n) is 8.75. The van der Waals surface area contributed by atoms with Crippen LogP contribution in [0.2, 0.25) is 0 Å². The molecule has 30 heavy (non-hydrogen) atoms. The molecule has 2 N–H and O–H groups in total. The minimum absolute atomic E-state index is 0.0364. The minimum atomic E-state index is -0.246. The minimum Gasteiger partial charge on any atom is -0.369 e. The van der Waals surface area contributed by atoms with Crippen LogP contribution in [0.25, 0.3) is 10.8 Å². The van der Waals surface area contributed by atoms with Gasteiger partial charge in [0.25, 0.3) is 5.91 Å². The fraction of sp³-hybridized carbons (Fsp3) is 0.346. The Kier molecular flexibility index (Phi) is 4.75. The predicted molar refractivity (Wildman–Crippen MR) is 123 cm³/mol. The number of piperazine rings is 1. The second-order valence-corrected chi connectivity index (χ2v) is 8.75. The largest absolute Gasteiger partial charge is 0.369 e. The third kappa shape index (κ3) is 3.35. The molecular weight excluding hydrogens is 370 g/mol. The maximum atomic E-state index is 13.4. The third-order valence-corrected chi connectivity index (χ3v) is 6.65. The zero-order valence-electron chi connectivity index (χ0n) is 17.8. The maximum absolute atomic E-state index is 13.4. The Morgan fingerprint density at radius 3 is 2.47 bits per heavy atom. The molecule has 1 saturated heterocycles. The van der Waals surface area contributed by atoms with Crippen molar-refractivity contribution >= 4 is 22.4 Å². The highest BCUT2D eigenvalue weighted by Crippen LogP contribution is 2.48. The van der Waals surface area contributed by atoms with Crippen molar-refractivity contribution in [3.8, 4) is 0 Å². The van der Waals surface area contributed by atoms with E-state index < -0.39 is 0 Å². The molecule has 1 aliphatic carbocycles. The van der Waals surface area contributed by atoms with Crippen LogP contribution in [0.15, 0.2) is 54.6 Å². The number of amides is 1. The van der Waals surface area contributed by atoms with Crippen molar-refractivity contribution in [3.05, 3.63) is 76.9 Å². The first-order valence-electron chi connectivity index (χ1n) is 11.0. The van der Waals surface area contributed by atoms with Gasteiger partial charge in [0.1, 0.15) is 0 Å². The van der Waals surface area contributed by atoms with Crippen LogP contribution in [0.3, 0.4) is 0 Å². The predicted octanol–water partition coefficient (Wildman–Crippen LogP) is 4.29. The molecule has 0 bridgehead atoms. The van der Waals surface area contributed by atoms with E-state index in [2.05, 4.69) is 77.1 Å².